The van der Waals surface area contributed by atoms with Crippen LogP contribution in [0, 0.1) is 6.92 Å². The zero-order valence-electron chi connectivity index (χ0n) is 11.6. The van der Waals surface area contributed by atoms with Crippen LogP contribution in [0.5, 0.6) is 0 Å². The maximum atomic E-state index is 11.0. The van der Waals surface area contributed by atoms with Crippen LogP contribution in [0.25, 0.3) is 11.4 Å². The molecule has 1 N–H and O–H groups in total. The van der Waals surface area contributed by atoms with Gasteiger partial charge in [-0.2, -0.15) is 0 Å². The van der Waals surface area contributed by atoms with E-state index in [-0.39, 0.29) is 11.8 Å². The molecule has 0 aliphatic carbocycles. The van der Waals surface area contributed by atoms with Crippen molar-refractivity contribution < 1.29 is 14.6 Å². The van der Waals surface area contributed by atoms with Gasteiger partial charge < -0.3 is 9.84 Å². The number of carboxylic acid groups (broad SMARTS) is 1. The molecule has 5 nitrogen and oxygen atoms in total. The summed E-state index contributed by atoms with van der Waals surface area (Å²) in [5, 5.41) is 9.05. The fourth-order valence-corrected chi connectivity index (χ4v) is 1.87. The van der Waals surface area contributed by atoms with Crippen LogP contribution in [-0.2, 0) is 4.74 Å². The lowest BCUT2D eigenvalue weighted by Gasteiger charge is -2.11. The van der Waals surface area contributed by atoms with Crippen molar-refractivity contribution in [1.82, 2.24) is 9.97 Å². The molecule has 5 heteroatoms. The topological polar surface area (TPSA) is 72.3 Å². The summed E-state index contributed by atoms with van der Waals surface area (Å²) < 4.78 is 5.28. The Balaban J connectivity index is 2.48. The van der Waals surface area contributed by atoms with Crippen LogP contribution < -0.4 is 0 Å². The number of aromatic carboxylic acids is 1. The van der Waals surface area contributed by atoms with Crippen molar-refractivity contribution in [3.63, 3.8) is 0 Å². The van der Waals surface area contributed by atoms with Gasteiger partial charge in [0.25, 0.3) is 0 Å². The molecule has 2 aromatic rings. The molecule has 2 rings (SSSR count). The standard InChI is InChI=1S/C15H16N2O3/c1-9-7-13(15(18)19)17-14(16-9)12-6-4-5-11(8-12)10(2)20-3/h4-8,10H,1-3H3,(H,18,19). The van der Waals surface area contributed by atoms with Gasteiger partial charge in [0.1, 0.15) is 0 Å². The van der Waals surface area contributed by atoms with Gasteiger partial charge in [0.15, 0.2) is 11.5 Å². The predicted octanol–water partition coefficient (Wildman–Crippen LogP) is 2.86. The van der Waals surface area contributed by atoms with Gasteiger partial charge in [0.05, 0.1) is 6.10 Å². The quantitative estimate of drug-likeness (QED) is 0.926. The number of carbonyl (C=O) groups is 1. The van der Waals surface area contributed by atoms with Crippen molar-refractivity contribution in [2.75, 3.05) is 7.11 Å². The van der Waals surface area contributed by atoms with Gasteiger partial charge in [-0.3, -0.25) is 0 Å². The molecule has 1 atom stereocenters. The molecular weight excluding hydrogens is 256 g/mol. The van der Waals surface area contributed by atoms with E-state index in [0.717, 1.165) is 11.1 Å². The number of nitrogens with zero attached hydrogens (tertiary/aromatic N) is 2. The van der Waals surface area contributed by atoms with Gasteiger partial charge in [0, 0.05) is 18.4 Å². The second-order valence-electron chi connectivity index (χ2n) is 4.53. The number of rotatable bonds is 4. The van der Waals surface area contributed by atoms with E-state index in [1.807, 2.05) is 31.2 Å². The molecule has 1 aromatic heterocycles. The molecule has 0 bridgehead atoms. The second kappa shape index (κ2) is 5.79. The van der Waals surface area contributed by atoms with E-state index < -0.39 is 5.97 Å². The van der Waals surface area contributed by atoms with E-state index in [1.54, 1.807) is 14.0 Å². The summed E-state index contributed by atoms with van der Waals surface area (Å²) in [6.45, 7) is 3.69. The van der Waals surface area contributed by atoms with Crippen molar-refractivity contribution in [3.8, 4) is 11.4 Å². The molecule has 1 heterocycles. The largest absolute Gasteiger partial charge is 0.477 e. The highest BCUT2D eigenvalue weighted by atomic mass is 16.5. The third-order valence-corrected chi connectivity index (χ3v) is 3.04. The fraction of sp³-hybridized carbons (Fsp3) is 0.267. The second-order valence-corrected chi connectivity index (χ2v) is 4.53. The number of ether oxygens (including phenoxy) is 1. The highest BCUT2D eigenvalue weighted by Crippen LogP contribution is 2.22. The zero-order chi connectivity index (χ0) is 14.7. The smallest absolute Gasteiger partial charge is 0.354 e. The van der Waals surface area contributed by atoms with Gasteiger partial charge in [-0.25, -0.2) is 14.8 Å². The summed E-state index contributed by atoms with van der Waals surface area (Å²) in [5.74, 6) is -0.647. The fourth-order valence-electron chi connectivity index (χ4n) is 1.87. The molecule has 0 aliphatic rings. The first-order valence-corrected chi connectivity index (χ1v) is 6.23. The Morgan fingerprint density at radius 3 is 2.70 bits per heavy atom. The predicted molar refractivity (Wildman–Crippen MR) is 74.6 cm³/mol. The maximum Gasteiger partial charge on any atom is 0.354 e. The number of hydrogen-bond acceptors (Lipinski definition) is 4. The highest BCUT2D eigenvalue weighted by molar-refractivity contribution is 5.86. The number of aryl methyl sites for hydroxylation is 1. The van der Waals surface area contributed by atoms with Crippen LogP contribution in [-0.4, -0.2) is 28.2 Å². The lowest BCUT2D eigenvalue weighted by atomic mass is 10.1. The summed E-state index contributed by atoms with van der Waals surface area (Å²) in [4.78, 5) is 19.4. The van der Waals surface area contributed by atoms with Gasteiger partial charge >= 0.3 is 5.97 Å². The Bertz CT molecular complexity index is 641. The van der Waals surface area contributed by atoms with E-state index in [1.165, 1.54) is 6.07 Å². The first-order chi connectivity index (χ1) is 9.51. The van der Waals surface area contributed by atoms with E-state index in [9.17, 15) is 4.79 Å². The van der Waals surface area contributed by atoms with Crippen molar-refractivity contribution >= 4 is 5.97 Å². The Labute approximate surface area is 117 Å². The average molecular weight is 272 g/mol. The zero-order valence-corrected chi connectivity index (χ0v) is 11.6. The van der Waals surface area contributed by atoms with Crippen LogP contribution in [0.15, 0.2) is 30.3 Å². The average Bonchev–Trinajstić information content (AvgIpc) is 2.45. The Kier molecular flexibility index (Phi) is 4.10. The molecule has 0 amide bonds. The third-order valence-electron chi connectivity index (χ3n) is 3.04. The molecule has 0 saturated carbocycles. The molecule has 0 spiro atoms. The minimum atomic E-state index is -1.06. The highest BCUT2D eigenvalue weighted by Gasteiger charge is 2.11. The summed E-state index contributed by atoms with van der Waals surface area (Å²) in [7, 11) is 1.64. The summed E-state index contributed by atoms with van der Waals surface area (Å²) in [6.07, 6.45) is -0.0429. The normalized spacial score (nSPS) is 12.2. The molecule has 0 fully saturated rings. The van der Waals surface area contributed by atoms with Crippen molar-refractivity contribution in [2.24, 2.45) is 0 Å². The van der Waals surface area contributed by atoms with Gasteiger partial charge in [-0.1, -0.05) is 18.2 Å². The Morgan fingerprint density at radius 2 is 2.05 bits per heavy atom. The molecule has 1 aromatic carbocycles. The van der Waals surface area contributed by atoms with Crippen molar-refractivity contribution in [2.45, 2.75) is 20.0 Å². The van der Waals surface area contributed by atoms with Crippen LogP contribution in [0.2, 0.25) is 0 Å². The first-order valence-electron chi connectivity index (χ1n) is 6.23. The number of hydrogen-bond donors (Lipinski definition) is 1. The molecular formula is C15H16N2O3. The molecule has 0 saturated heterocycles. The van der Waals surface area contributed by atoms with Crippen molar-refractivity contribution in [3.05, 3.63) is 47.3 Å². The summed E-state index contributed by atoms with van der Waals surface area (Å²) >= 11 is 0. The van der Waals surface area contributed by atoms with Gasteiger partial charge in [-0.05, 0) is 31.5 Å². The number of carboxylic acids is 1. The van der Waals surface area contributed by atoms with Crippen LogP contribution in [0.4, 0.5) is 0 Å². The number of methoxy groups -OCH3 is 1. The molecule has 20 heavy (non-hydrogen) atoms. The minimum Gasteiger partial charge on any atom is -0.477 e. The van der Waals surface area contributed by atoms with E-state index in [2.05, 4.69) is 9.97 Å². The molecule has 1 unspecified atom stereocenters. The first kappa shape index (κ1) is 14.1. The third kappa shape index (κ3) is 3.00. The van der Waals surface area contributed by atoms with Crippen LogP contribution in [0.3, 0.4) is 0 Å². The summed E-state index contributed by atoms with van der Waals surface area (Å²) in [5.41, 5.74) is 2.39. The van der Waals surface area contributed by atoms with Gasteiger partial charge in [-0.15, -0.1) is 0 Å². The van der Waals surface area contributed by atoms with Crippen LogP contribution in [0.1, 0.15) is 34.8 Å². The van der Waals surface area contributed by atoms with Gasteiger partial charge in [0.2, 0.25) is 0 Å². The van der Waals surface area contributed by atoms with Crippen molar-refractivity contribution in [1.29, 1.82) is 0 Å². The monoisotopic (exact) mass is 272 g/mol. The SMILES string of the molecule is COC(C)c1cccc(-c2nc(C)cc(C(=O)O)n2)c1. The van der Waals surface area contributed by atoms with Crippen LogP contribution >= 0.6 is 0 Å². The minimum absolute atomic E-state index is 0.00214. The lowest BCUT2D eigenvalue weighted by Crippen LogP contribution is -2.04. The van der Waals surface area contributed by atoms with E-state index >= 15 is 0 Å². The number of aromatic nitrogens is 2. The maximum absolute atomic E-state index is 11.0. The Morgan fingerprint density at radius 1 is 1.30 bits per heavy atom. The Hall–Kier alpha value is -2.27. The molecule has 104 valence electrons. The van der Waals surface area contributed by atoms with E-state index in [4.69, 9.17) is 9.84 Å². The summed E-state index contributed by atoms with van der Waals surface area (Å²) in [6, 6.07) is 9.05. The molecule has 0 radical (unpaired) electrons. The van der Waals surface area contributed by atoms with E-state index in [0.29, 0.717) is 11.5 Å². The number of benzene rings is 1. The molecule has 0 aliphatic heterocycles. The lowest BCUT2D eigenvalue weighted by molar-refractivity contribution is 0.0690.